The van der Waals surface area contributed by atoms with Gasteiger partial charge in [-0.1, -0.05) is 6.07 Å². The molecular formula is C6H12B2N2-2. The summed E-state index contributed by atoms with van der Waals surface area (Å²) in [5.74, 6) is 0. The minimum Gasteiger partial charge on any atom is -0.567 e. The lowest BCUT2D eigenvalue weighted by molar-refractivity contribution is 1.65. The predicted molar refractivity (Wildman–Crippen MR) is 53.6 cm³/mol. The lowest BCUT2D eigenvalue weighted by Crippen LogP contribution is -1.93. The fraction of sp³-hybridized carbons (Fsp3) is 0. The summed E-state index contributed by atoms with van der Waals surface area (Å²) in [6.07, 6.45) is 0. The lowest BCUT2D eigenvalue weighted by atomic mass is 10.2. The molecule has 4 heteroatoms. The molecule has 0 aliphatic rings. The van der Waals surface area contributed by atoms with E-state index in [9.17, 15) is 0 Å². The van der Waals surface area contributed by atoms with Gasteiger partial charge in [-0.15, -0.1) is 0 Å². The average molecular weight is 134 g/mol. The van der Waals surface area contributed by atoms with Crippen LogP contribution in [0.15, 0.2) is 24.3 Å². The molecule has 1 rings (SSSR count). The molecule has 0 radical (unpaired) electrons. The van der Waals surface area contributed by atoms with Crippen LogP contribution in [0.3, 0.4) is 0 Å². The highest BCUT2D eigenvalue weighted by Gasteiger charge is 1.84. The van der Waals surface area contributed by atoms with Gasteiger partial charge in [0.05, 0.1) is 0 Å². The molecular weight excluding hydrogens is 122 g/mol. The minimum atomic E-state index is 0.290. The molecule has 0 amide bonds. The molecule has 0 saturated carbocycles. The third-order valence-corrected chi connectivity index (χ3v) is 0.863. The summed E-state index contributed by atoms with van der Waals surface area (Å²) >= 11 is 0. The predicted octanol–water partition coefficient (Wildman–Crippen LogP) is -0.929. The van der Waals surface area contributed by atoms with E-state index in [1.54, 1.807) is 0 Å². The maximum absolute atomic E-state index is 3.34. The maximum Gasteiger partial charge on any atom is 0.0376 e. The zero-order valence-electron chi connectivity index (χ0n) is 4.31. The molecule has 0 bridgehead atoms. The van der Waals surface area contributed by atoms with E-state index in [1.807, 2.05) is 0 Å². The molecule has 2 N–H and O–H groups in total. The number of nitrogens with one attached hydrogen (secondary N) is 2. The molecule has 1 aromatic rings. The molecule has 0 spiro atoms. The summed E-state index contributed by atoms with van der Waals surface area (Å²) in [4.78, 5) is 0. The Labute approximate surface area is 62.9 Å². The Balaban J connectivity index is 2.87. The van der Waals surface area contributed by atoms with Crippen LogP contribution in [0.4, 0.5) is 11.4 Å². The summed E-state index contributed by atoms with van der Waals surface area (Å²) in [5, 5.41) is 6.68. The summed E-state index contributed by atoms with van der Waals surface area (Å²) < 4.78 is 0. The molecule has 2 nitrogen and oxygen atoms in total. The van der Waals surface area contributed by atoms with Crippen molar-refractivity contribution in [2.24, 2.45) is 0 Å². The summed E-state index contributed by atoms with van der Waals surface area (Å²) in [5.41, 5.74) is 2.56. The number of anilines is 2. The highest BCUT2D eigenvalue weighted by Crippen LogP contribution is 2.12. The number of rotatable bonds is 2. The van der Waals surface area contributed by atoms with Crippen LogP contribution in [0.5, 0.6) is 0 Å². The zero-order chi connectivity index (χ0) is 7.40. The first-order valence-electron chi connectivity index (χ1n) is 2.32. The van der Waals surface area contributed by atoms with Crippen molar-refractivity contribution in [3.8, 4) is 0 Å². The van der Waals surface area contributed by atoms with Gasteiger partial charge >= 0.3 is 0 Å². The fourth-order valence-corrected chi connectivity index (χ4v) is 0.519. The third-order valence-electron chi connectivity index (χ3n) is 0.863. The van der Waals surface area contributed by atoms with E-state index >= 15 is 0 Å². The Kier molecular flexibility index (Phi) is 2.26. The molecule has 0 saturated heterocycles. The van der Waals surface area contributed by atoms with Gasteiger partial charge in [0.15, 0.2) is 0 Å². The number of benzene rings is 1. The van der Waals surface area contributed by atoms with Gasteiger partial charge in [-0.2, -0.15) is 0 Å². The molecule has 0 aliphatic carbocycles. The van der Waals surface area contributed by atoms with Gasteiger partial charge < -0.3 is 10.5 Å². The van der Waals surface area contributed by atoms with Crippen molar-refractivity contribution in [1.82, 2.24) is 0 Å². The van der Waals surface area contributed by atoms with Crippen LogP contribution >= 0.6 is 0 Å². The highest BCUT2D eigenvalue weighted by atomic mass is 14.8. The monoisotopic (exact) mass is 134 g/mol. The molecule has 0 fully saturated rings. The van der Waals surface area contributed by atoms with Gasteiger partial charge in [-0.05, 0) is 29.6 Å². The molecule has 0 aromatic heterocycles. The quantitative estimate of drug-likeness (QED) is 0.510. The van der Waals surface area contributed by atoms with E-state index in [-0.39, 0.29) is 16.0 Å². The van der Waals surface area contributed by atoms with Gasteiger partial charge in [0.25, 0.3) is 0 Å². The Morgan fingerprint density at radius 1 is 1.00 bits per heavy atom. The first-order valence-corrected chi connectivity index (χ1v) is 2.32. The smallest absolute Gasteiger partial charge is 0.0376 e. The molecule has 10 heavy (non-hydrogen) atoms. The van der Waals surface area contributed by atoms with Crippen LogP contribution in [-0.2, 0) is 0 Å². The highest BCUT2D eigenvalue weighted by molar-refractivity contribution is 6.17. The second-order valence-electron chi connectivity index (χ2n) is 1.58. The van der Waals surface area contributed by atoms with Crippen molar-refractivity contribution in [3.05, 3.63) is 24.3 Å². The summed E-state index contributed by atoms with van der Waals surface area (Å²) in [6.45, 7) is 0. The Morgan fingerprint density at radius 3 is 1.90 bits per heavy atom. The topological polar surface area (TPSA) is 24.1 Å². The van der Waals surface area contributed by atoms with Gasteiger partial charge in [-0.25, -0.2) is 0 Å². The van der Waals surface area contributed by atoms with Crippen LogP contribution in [0.1, 0.15) is 0 Å². The van der Waals surface area contributed by atoms with Gasteiger partial charge in [0.1, 0.15) is 0 Å². The molecule has 0 heterocycles. The minimum absolute atomic E-state index is 0.290. The van der Waals surface area contributed by atoms with Crippen LogP contribution in [0.2, 0.25) is 0 Å². The van der Waals surface area contributed by atoms with E-state index in [1.165, 1.54) is 11.4 Å². The van der Waals surface area contributed by atoms with Gasteiger partial charge in [0.2, 0.25) is 0 Å². The molecule has 1 aromatic carbocycles. The van der Waals surface area contributed by atoms with Crippen molar-refractivity contribution >= 4 is 27.3 Å². The first-order chi connectivity index (χ1) is 4.86. The van der Waals surface area contributed by atoms with Gasteiger partial charge in [0, 0.05) is 16.0 Å². The van der Waals surface area contributed by atoms with E-state index < -0.39 is 0 Å². The Morgan fingerprint density at radius 2 is 1.50 bits per heavy atom. The molecule has 0 atom stereocenters. The fourth-order valence-electron chi connectivity index (χ4n) is 0.519. The van der Waals surface area contributed by atoms with Crippen LogP contribution in [0, 0.1) is 0 Å². The van der Waals surface area contributed by atoms with E-state index in [4.69, 9.17) is 0 Å². The Hall–Kier alpha value is -1.05. The second kappa shape index (κ2) is 3.20. The second-order valence-corrected chi connectivity index (χ2v) is 1.58. The normalized spacial score (nSPS) is 9.00. The van der Waals surface area contributed by atoms with Crippen molar-refractivity contribution in [3.63, 3.8) is 0 Å². The van der Waals surface area contributed by atoms with Crippen molar-refractivity contribution < 1.29 is 0 Å². The van der Waals surface area contributed by atoms with Crippen molar-refractivity contribution in [2.45, 2.75) is 0 Å². The Bertz CT molecular complexity index is 195. The molecule has 54 valence electrons. The average Bonchev–Trinajstić information content (AvgIpc) is 2.05. The molecule has 0 unspecified atom stereocenters. The molecule has 0 aliphatic heterocycles. The third kappa shape index (κ3) is 1.47. The zero-order valence-corrected chi connectivity index (χ0v) is 4.31. The van der Waals surface area contributed by atoms with E-state index in [0.29, 0.717) is 0 Å². The van der Waals surface area contributed by atoms with Crippen molar-refractivity contribution in [2.75, 3.05) is 10.5 Å². The van der Waals surface area contributed by atoms with Crippen LogP contribution < -0.4 is 10.5 Å². The number of hydrogen-bond acceptors (Lipinski definition) is 2. The van der Waals surface area contributed by atoms with Crippen LogP contribution in [0.25, 0.3) is 0 Å². The summed E-state index contributed by atoms with van der Waals surface area (Å²) in [6, 6.07) is 8.51. The lowest BCUT2D eigenvalue weighted by Gasteiger charge is -2.08. The first kappa shape index (κ1) is 7.06. The van der Waals surface area contributed by atoms with Crippen molar-refractivity contribution in [1.29, 1.82) is 0 Å². The van der Waals surface area contributed by atoms with Gasteiger partial charge in [-0.3, -0.25) is 0 Å². The standard InChI is InChI=1S/C6H12B2N2/c7-9-5-2-1-3-6(4-5)10-8/h1-4,9-10H,7-8H3/q-2. The maximum atomic E-state index is 3.34. The largest absolute Gasteiger partial charge is 0.567 e. The summed E-state index contributed by atoms with van der Waals surface area (Å²) in [7, 11) is 0.580. The van der Waals surface area contributed by atoms with E-state index in [0.717, 1.165) is 0 Å². The SMILES string of the molecule is [BH3-]Nc1cccc(N[BH3-])c1. The van der Waals surface area contributed by atoms with Crippen LogP contribution in [-0.4, -0.2) is 16.0 Å². The number of hydrogen-bond donors (Lipinski definition) is 2. The van der Waals surface area contributed by atoms with E-state index in [2.05, 4.69) is 34.7 Å².